The molecule has 3 heterocycles. The first kappa shape index (κ1) is 19.7. The van der Waals surface area contributed by atoms with E-state index >= 15 is 0 Å². The zero-order chi connectivity index (χ0) is 21.4. The van der Waals surface area contributed by atoms with Crippen molar-refractivity contribution in [2.45, 2.75) is 27.3 Å². The lowest BCUT2D eigenvalue weighted by atomic mass is 10.1. The van der Waals surface area contributed by atoms with Crippen molar-refractivity contribution in [1.29, 1.82) is 0 Å². The fourth-order valence-corrected chi connectivity index (χ4v) is 3.94. The van der Waals surface area contributed by atoms with Gasteiger partial charge >= 0.3 is 0 Å². The number of para-hydroxylation sites is 1. The number of anilines is 1. The fourth-order valence-electron chi connectivity index (χ4n) is 3.34. The SMILES string of the molecule is Cc1nc(Cn2nc(C)c(NC(=O)c3cc(C(N)=O)c4ccccc4n3)c2C)cs1. The smallest absolute Gasteiger partial charge is 0.274 e. The standard InChI is InChI=1S/C21H20N6O2S/c1-11-19(12(2)27(26-11)9-14-10-30-13(3)23-14)25-21(29)18-8-16(20(22)28)15-6-4-5-7-17(15)24-18/h4-8,10H,9H2,1-3H3,(H2,22,28)(H,25,29). The summed E-state index contributed by atoms with van der Waals surface area (Å²) in [6.07, 6.45) is 0. The normalized spacial score (nSPS) is 11.0. The van der Waals surface area contributed by atoms with Gasteiger partial charge in [0.15, 0.2) is 0 Å². The largest absolute Gasteiger partial charge is 0.366 e. The molecule has 0 fully saturated rings. The zero-order valence-electron chi connectivity index (χ0n) is 16.8. The second-order valence-electron chi connectivity index (χ2n) is 6.95. The maximum Gasteiger partial charge on any atom is 0.274 e. The number of hydrogen-bond acceptors (Lipinski definition) is 6. The Labute approximate surface area is 176 Å². The molecule has 3 N–H and O–H groups in total. The first-order valence-electron chi connectivity index (χ1n) is 9.29. The third-order valence-corrected chi connectivity index (χ3v) is 5.63. The second kappa shape index (κ2) is 7.68. The molecule has 1 aromatic carbocycles. The van der Waals surface area contributed by atoms with E-state index in [0.717, 1.165) is 16.4 Å². The zero-order valence-corrected chi connectivity index (χ0v) is 17.6. The van der Waals surface area contributed by atoms with E-state index in [1.807, 2.05) is 30.8 Å². The molecular weight excluding hydrogens is 400 g/mol. The summed E-state index contributed by atoms with van der Waals surface area (Å²) in [5.41, 5.74) is 9.44. The lowest BCUT2D eigenvalue weighted by molar-refractivity contribution is 0.100. The van der Waals surface area contributed by atoms with Crippen LogP contribution < -0.4 is 11.1 Å². The molecule has 0 spiro atoms. The second-order valence-corrected chi connectivity index (χ2v) is 8.01. The Balaban J connectivity index is 1.65. The molecular formula is C21H20N6O2S. The third-order valence-electron chi connectivity index (χ3n) is 4.81. The molecule has 9 heteroatoms. The van der Waals surface area contributed by atoms with Crippen LogP contribution in [0, 0.1) is 20.8 Å². The molecule has 0 aliphatic carbocycles. The van der Waals surface area contributed by atoms with E-state index in [2.05, 4.69) is 20.4 Å². The van der Waals surface area contributed by atoms with Gasteiger partial charge in [0.1, 0.15) is 5.69 Å². The van der Waals surface area contributed by atoms with Gasteiger partial charge in [-0.2, -0.15) is 5.10 Å². The van der Waals surface area contributed by atoms with E-state index < -0.39 is 11.8 Å². The average molecular weight is 420 g/mol. The van der Waals surface area contributed by atoms with E-state index in [9.17, 15) is 9.59 Å². The lowest BCUT2D eigenvalue weighted by Crippen LogP contribution is -2.18. The van der Waals surface area contributed by atoms with Gasteiger partial charge in [-0.3, -0.25) is 14.3 Å². The van der Waals surface area contributed by atoms with Crippen LogP contribution in [0.3, 0.4) is 0 Å². The summed E-state index contributed by atoms with van der Waals surface area (Å²) in [6.45, 7) is 6.19. The Morgan fingerprint density at radius 3 is 2.63 bits per heavy atom. The van der Waals surface area contributed by atoms with Crippen LogP contribution in [0.15, 0.2) is 35.7 Å². The minimum absolute atomic E-state index is 0.115. The minimum Gasteiger partial charge on any atom is -0.366 e. The van der Waals surface area contributed by atoms with Crippen molar-refractivity contribution >= 4 is 39.7 Å². The maximum absolute atomic E-state index is 12.9. The highest BCUT2D eigenvalue weighted by molar-refractivity contribution is 7.09. The first-order valence-corrected chi connectivity index (χ1v) is 10.2. The number of carbonyl (C=O) groups excluding carboxylic acids is 2. The summed E-state index contributed by atoms with van der Waals surface area (Å²) in [5.74, 6) is -1.04. The number of primary amides is 1. The number of carbonyl (C=O) groups is 2. The molecule has 0 bridgehead atoms. The number of amides is 2. The van der Waals surface area contributed by atoms with Crippen LogP contribution in [0.4, 0.5) is 5.69 Å². The number of pyridine rings is 1. The van der Waals surface area contributed by atoms with Gasteiger partial charge in [0, 0.05) is 10.8 Å². The molecule has 152 valence electrons. The van der Waals surface area contributed by atoms with Crippen molar-refractivity contribution in [3.05, 3.63) is 69.1 Å². The lowest BCUT2D eigenvalue weighted by Gasteiger charge is -2.09. The van der Waals surface area contributed by atoms with E-state index in [0.29, 0.717) is 28.8 Å². The molecule has 3 aromatic heterocycles. The van der Waals surface area contributed by atoms with Gasteiger partial charge in [-0.15, -0.1) is 11.3 Å². The third kappa shape index (κ3) is 3.67. The molecule has 30 heavy (non-hydrogen) atoms. The van der Waals surface area contributed by atoms with Crippen LogP contribution in [-0.2, 0) is 6.54 Å². The molecule has 0 radical (unpaired) electrons. The highest BCUT2D eigenvalue weighted by Crippen LogP contribution is 2.23. The monoisotopic (exact) mass is 420 g/mol. The number of aryl methyl sites for hydroxylation is 2. The summed E-state index contributed by atoms with van der Waals surface area (Å²) in [6, 6.07) is 8.50. The Morgan fingerprint density at radius 1 is 1.17 bits per heavy atom. The van der Waals surface area contributed by atoms with Crippen LogP contribution in [0.1, 0.15) is 42.9 Å². The van der Waals surface area contributed by atoms with Gasteiger partial charge in [-0.25, -0.2) is 9.97 Å². The maximum atomic E-state index is 12.9. The van der Waals surface area contributed by atoms with E-state index in [-0.39, 0.29) is 11.3 Å². The van der Waals surface area contributed by atoms with Crippen molar-refractivity contribution in [1.82, 2.24) is 19.7 Å². The van der Waals surface area contributed by atoms with E-state index in [4.69, 9.17) is 5.73 Å². The average Bonchev–Trinajstić information content (AvgIpc) is 3.24. The number of aromatic nitrogens is 4. The van der Waals surface area contributed by atoms with Crippen LogP contribution >= 0.6 is 11.3 Å². The van der Waals surface area contributed by atoms with Crippen molar-refractivity contribution in [2.24, 2.45) is 5.73 Å². The highest BCUT2D eigenvalue weighted by atomic mass is 32.1. The summed E-state index contributed by atoms with van der Waals surface area (Å²) >= 11 is 1.58. The summed E-state index contributed by atoms with van der Waals surface area (Å²) in [7, 11) is 0. The molecule has 4 aromatic rings. The number of thiazole rings is 1. The number of nitrogens with one attached hydrogen (secondary N) is 1. The number of fused-ring (bicyclic) bond motifs is 1. The molecule has 0 aliphatic heterocycles. The molecule has 0 saturated carbocycles. The van der Waals surface area contributed by atoms with Crippen molar-refractivity contribution in [3.8, 4) is 0 Å². The molecule has 0 unspecified atom stereocenters. The summed E-state index contributed by atoms with van der Waals surface area (Å²) in [5, 5.41) is 11.0. The number of hydrogen-bond donors (Lipinski definition) is 2. The Morgan fingerprint density at radius 2 is 1.93 bits per heavy atom. The summed E-state index contributed by atoms with van der Waals surface area (Å²) in [4.78, 5) is 33.7. The van der Waals surface area contributed by atoms with Gasteiger partial charge in [0.05, 0.1) is 45.4 Å². The van der Waals surface area contributed by atoms with Crippen molar-refractivity contribution < 1.29 is 9.59 Å². The van der Waals surface area contributed by atoms with Gasteiger partial charge in [0.2, 0.25) is 5.91 Å². The quantitative estimate of drug-likeness (QED) is 0.514. The number of nitrogens with zero attached hydrogens (tertiary/aromatic N) is 4. The molecule has 0 saturated heterocycles. The van der Waals surface area contributed by atoms with Gasteiger partial charge < -0.3 is 11.1 Å². The van der Waals surface area contributed by atoms with Gasteiger partial charge in [-0.1, -0.05) is 18.2 Å². The number of nitrogens with two attached hydrogens (primary N) is 1. The summed E-state index contributed by atoms with van der Waals surface area (Å²) < 4.78 is 1.81. The highest BCUT2D eigenvalue weighted by Gasteiger charge is 2.19. The Hall–Kier alpha value is -3.59. The van der Waals surface area contributed by atoms with Crippen LogP contribution in [0.2, 0.25) is 0 Å². The molecule has 8 nitrogen and oxygen atoms in total. The van der Waals surface area contributed by atoms with Crippen molar-refractivity contribution in [2.75, 3.05) is 5.32 Å². The van der Waals surface area contributed by atoms with Gasteiger partial charge in [-0.05, 0) is 32.9 Å². The molecule has 0 aliphatic rings. The van der Waals surface area contributed by atoms with E-state index in [1.54, 1.807) is 35.6 Å². The van der Waals surface area contributed by atoms with E-state index in [1.165, 1.54) is 6.07 Å². The minimum atomic E-state index is -0.610. The number of benzene rings is 1. The molecule has 0 atom stereocenters. The van der Waals surface area contributed by atoms with Crippen molar-refractivity contribution in [3.63, 3.8) is 0 Å². The predicted molar refractivity (Wildman–Crippen MR) is 116 cm³/mol. The fraction of sp³-hybridized carbons (Fsp3) is 0.190. The van der Waals surface area contributed by atoms with Gasteiger partial charge in [0.25, 0.3) is 5.91 Å². The Bertz CT molecular complexity index is 1290. The van der Waals surface area contributed by atoms with Crippen LogP contribution in [0.25, 0.3) is 10.9 Å². The topological polar surface area (TPSA) is 116 Å². The Kier molecular flexibility index (Phi) is 5.04. The predicted octanol–water partition coefficient (Wildman–Crippen LogP) is 3.21. The number of rotatable bonds is 5. The molecule has 2 amide bonds. The molecule has 4 rings (SSSR count). The first-order chi connectivity index (χ1) is 14.3. The van der Waals surface area contributed by atoms with Crippen LogP contribution in [0.5, 0.6) is 0 Å². The van der Waals surface area contributed by atoms with Crippen LogP contribution in [-0.4, -0.2) is 31.6 Å².